The van der Waals surface area contributed by atoms with Crippen LogP contribution in [-0.2, 0) is 9.59 Å². The van der Waals surface area contributed by atoms with Gasteiger partial charge in [0.2, 0.25) is 6.10 Å². The summed E-state index contributed by atoms with van der Waals surface area (Å²) in [7, 11) is 0. The van der Waals surface area contributed by atoms with Gasteiger partial charge in [-0.1, -0.05) is 12.1 Å². The summed E-state index contributed by atoms with van der Waals surface area (Å²) in [5.41, 5.74) is -1.02. The fourth-order valence-corrected chi connectivity index (χ4v) is 1.65. The summed E-state index contributed by atoms with van der Waals surface area (Å²) >= 11 is 0. The first-order valence-electron chi connectivity index (χ1n) is 6.30. The fourth-order valence-electron chi connectivity index (χ4n) is 1.65. The van der Waals surface area contributed by atoms with Gasteiger partial charge in [0, 0.05) is 6.54 Å². The molecule has 20 heavy (non-hydrogen) atoms. The van der Waals surface area contributed by atoms with Gasteiger partial charge < -0.3 is 19.9 Å². The maximum atomic E-state index is 12.0. The number of nitrogens with one attached hydrogen (secondary N) is 1. The summed E-state index contributed by atoms with van der Waals surface area (Å²) in [6.07, 6.45) is -0.769. The maximum absolute atomic E-state index is 12.0. The predicted molar refractivity (Wildman–Crippen MR) is 70.8 cm³/mol. The smallest absolute Gasteiger partial charge is 0.310 e. The van der Waals surface area contributed by atoms with Crippen LogP contribution in [0, 0.1) is 5.41 Å². The Hall–Kier alpha value is -2.24. The highest BCUT2D eigenvalue weighted by Crippen LogP contribution is 2.30. The van der Waals surface area contributed by atoms with Crippen LogP contribution in [0.4, 0.5) is 0 Å². The molecule has 0 radical (unpaired) electrons. The Balaban J connectivity index is 1.94. The van der Waals surface area contributed by atoms with Crippen LogP contribution in [0.2, 0.25) is 0 Å². The SMILES string of the molecule is CC(C)(CNC(=O)C1COc2ccccc2O1)C(=O)O. The standard InChI is InChI=1S/C14H17NO5/c1-14(2,13(17)18)8-15-12(16)11-7-19-9-5-3-4-6-10(9)20-11/h3-6,11H,7-8H2,1-2H3,(H,15,16)(H,17,18). The highest BCUT2D eigenvalue weighted by Gasteiger charge is 2.31. The van der Waals surface area contributed by atoms with E-state index in [1.54, 1.807) is 32.0 Å². The van der Waals surface area contributed by atoms with E-state index in [4.69, 9.17) is 14.6 Å². The number of ether oxygens (including phenoxy) is 2. The van der Waals surface area contributed by atoms with Crippen molar-refractivity contribution in [3.8, 4) is 11.5 Å². The first-order chi connectivity index (χ1) is 9.40. The molecule has 0 saturated carbocycles. The third-order valence-electron chi connectivity index (χ3n) is 3.08. The van der Waals surface area contributed by atoms with Crippen molar-refractivity contribution in [1.29, 1.82) is 0 Å². The monoisotopic (exact) mass is 279 g/mol. The van der Waals surface area contributed by atoms with E-state index in [2.05, 4.69) is 5.32 Å². The van der Waals surface area contributed by atoms with Gasteiger partial charge in [-0.2, -0.15) is 0 Å². The second-order valence-corrected chi connectivity index (χ2v) is 5.27. The number of benzene rings is 1. The number of carboxylic acid groups (broad SMARTS) is 1. The Morgan fingerprint density at radius 1 is 1.35 bits per heavy atom. The number of carbonyl (C=O) groups excluding carboxylic acids is 1. The second kappa shape index (κ2) is 5.40. The summed E-state index contributed by atoms with van der Waals surface area (Å²) in [6.45, 7) is 3.23. The average molecular weight is 279 g/mol. The van der Waals surface area contributed by atoms with E-state index in [1.165, 1.54) is 0 Å². The van der Waals surface area contributed by atoms with E-state index in [-0.39, 0.29) is 19.1 Å². The van der Waals surface area contributed by atoms with Crippen LogP contribution in [0.5, 0.6) is 11.5 Å². The van der Waals surface area contributed by atoms with Crippen LogP contribution < -0.4 is 14.8 Å². The van der Waals surface area contributed by atoms with Gasteiger partial charge in [0.05, 0.1) is 5.41 Å². The lowest BCUT2D eigenvalue weighted by atomic mass is 9.94. The molecule has 6 nitrogen and oxygen atoms in total. The van der Waals surface area contributed by atoms with E-state index in [0.717, 1.165) is 0 Å². The summed E-state index contributed by atoms with van der Waals surface area (Å²) in [4.78, 5) is 22.9. The zero-order valence-electron chi connectivity index (χ0n) is 11.4. The number of amides is 1. The zero-order valence-corrected chi connectivity index (χ0v) is 11.4. The Bertz CT molecular complexity index is 526. The summed E-state index contributed by atoms with van der Waals surface area (Å²) < 4.78 is 11.0. The van der Waals surface area contributed by atoms with Crippen LogP contribution in [0.3, 0.4) is 0 Å². The van der Waals surface area contributed by atoms with E-state index in [1.807, 2.05) is 6.07 Å². The van der Waals surface area contributed by atoms with E-state index in [9.17, 15) is 9.59 Å². The van der Waals surface area contributed by atoms with Crippen LogP contribution in [0.25, 0.3) is 0 Å². The quantitative estimate of drug-likeness (QED) is 0.860. The average Bonchev–Trinajstić information content (AvgIpc) is 2.44. The number of hydrogen-bond acceptors (Lipinski definition) is 4. The van der Waals surface area contributed by atoms with Gasteiger partial charge in [0.25, 0.3) is 5.91 Å². The van der Waals surface area contributed by atoms with Crippen molar-refractivity contribution in [2.75, 3.05) is 13.2 Å². The topological polar surface area (TPSA) is 84.9 Å². The highest BCUT2D eigenvalue weighted by molar-refractivity contribution is 5.83. The highest BCUT2D eigenvalue weighted by atomic mass is 16.6. The minimum Gasteiger partial charge on any atom is -0.485 e. The molecule has 0 bridgehead atoms. The van der Waals surface area contributed by atoms with Gasteiger partial charge in [-0.3, -0.25) is 9.59 Å². The number of fused-ring (bicyclic) bond motifs is 1. The number of rotatable bonds is 4. The molecule has 1 aromatic carbocycles. The molecular weight excluding hydrogens is 262 g/mol. The Labute approximate surface area is 116 Å². The predicted octanol–water partition coefficient (Wildman–Crippen LogP) is 1.05. The first kappa shape index (κ1) is 14.2. The Morgan fingerprint density at radius 2 is 2.00 bits per heavy atom. The van der Waals surface area contributed by atoms with E-state index >= 15 is 0 Å². The third kappa shape index (κ3) is 3.01. The number of hydrogen-bond donors (Lipinski definition) is 2. The molecule has 1 aromatic rings. The van der Waals surface area contributed by atoms with Gasteiger partial charge in [0.1, 0.15) is 6.61 Å². The zero-order chi connectivity index (χ0) is 14.8. The number of aliphatic carboxylic acids is 1. The molecule has 1 aliphatic rings. The lowest BCUT2D eigenvalue weighted by Crippen LogP contribution is -2.47. The Kier molecular flexibility index (Phi) is 3.83. The van der Waals surface area contributed by atoms with E-state index in [0.29, 0.717) is 11.5 Å². The molecule has 1 unspecified atom stereocenters. The fraction of sp³-hybridized carbons (Fsp3) is 0.429. The molecule has 0 spiro atoms. The van der Waals surface area contributed by atoms with Crippen molar-refractivity contribution in [3.05, 3.63) is 24.3 Å². The van der Waals surface area contributed by atoms with Crippen molar-refractivity contribution >= 4 is 11.9 Å². The van der Waals surface area contributed by atoms with Crippen molar-refractivity contribution < 1.29 is 24.2 Å². The molecule has 2 rings (SSSR count). The Morgan fingerprint density at radius 3 is 2.65 bits per heavy atom. The largest absolute Gasteiger partial charge is 0.485 e. The summed E-state index contributed by atoms with van der Waals surface area (Å²) in [5, 5.41) is 11.6. The summed E-state index contributed by atoms with van der Waals surface area (Å²) in [6, 6.07) is 7.08. The lowest BCUT2D eigenvalue weighted by molar-refractivity contribution is -0.147. The number of carbonyl (C=O) groups is 2. The van der Waals surface area contributed by atoms with Gasteiger partial charge in [-0.25, -0.2) is 0 Å². The van der Waals surface area contributed by atoms with Crippen molar-refractivity contribution in [2.45, 2.75) is 20.0 Å². The summed E-state index contributed by atoms with van der Waals surface area (Å²) in [5.74, 6) is -0.239. The van der Waals surface area contributed by atoms with Crippen LogP contribution in [0.15, 0.2) is 24.3 Å². The van der Waals surface area contributed by atoms with Gasteiger partial charge >= 0.3 is 5.97 Å². The van der Waals surface area contributed by atoms with E-state index < -0.39 is 17.5 Å². The molecule has 0 aromatic heterocycles. The van der Waals surface area contributed by atoms with Gasteiger partial charge in [-0.15, -0.1) is 0 Å². The number of para-hydroxylation sites is 2. The first-order valence-corrected chi connectivity index (χ1v) is 6.30. The molecule has 0 fully saturated rings. The molecular formula is C14H17NO5. The molecule has 6 heteroatoms. The molecule has 1 aliphatic heterocycles. The molecule has 108 valence electrons. The molecule has 0 aliphatic carbocycles. The molecule has 1 heterocycles. The molecule has 2 N–H and O–H groups in total. The van der Waals surface area contributed by atoms with Crippen molar-refractivity contribution in [2.24, 2.45) is 5.41 Å². The third-order valence-corrected chi connectivity index (χ3v) is 3.08. The maximum Gasteiger partial charge on any atom is 0.310 e. The van der Waals surface area contributed by atoms with Crippen LogP contribution in [-0.4, -0.2) is 36.2 Å². The van der Waals surface area contributed by atoms with Crippen molar-refractivity contribution in [3.63, 3.8) is 0 Å². The second-order valence-electron chi connectivity index (χ2n) is 5.27. The van der Waals surface area contributed by atoms with Crippen LogP contribution >= 0.6 is 0 Å². The molecule has 1 atom stereocenters. The minimum absolute atomic E-state index is 0.0304. The van der Waals surface area contributed by atoms with Crippen molar-refractivity contribution in [1.82, 2.24) is 5.32 Å². The molecule has 1 amide bonds. The normalized spacial score (nSPS) is 17.4. The van der Waals surface area contributed by atoms with Gasteiger partial charge in [-0.05, 0) is 26.0 Å². The van der Waals surface area contributed by atoms with Crippen LogP contribution in [0.1, 0.15) is 13.8 Å². The minimum atomic E-state index is -1.02. The molecule has 0 saturated heterocycles. The van der Waals surface area contributed by atoms with Gasteiger partial charge in [0.15, 0.2) is 11.5 Å². The number of carboxylic acids is 1. The lowest BCUT2D eigenvalue weighted by Gasteiger charge is -2.27.